The summed E-state index contributed by atoms with van der Waals surface area (Å²) in [5.74, 6) is 0.789. The summed E-state index contributed by atoms with van der Waals surface area (Å²) in [5, 5.41) is 8.94. The number of nitrogens with one attached hydrogen (secondary N) is 1. The highest BCUT2D eigenvalue weighted by molar-refractivity contribution is 5.79. The zero-order chi connectivity index (χ0) is 13.9. The standard InChI is InChI=1S/C15H17N5/c1-3-16-9-12-8-13-11(2)19-20(15(13)18-10-12)14-6-4-5-7-17-14/h4-8,10,16H,3,9H2,1-2H3. The molecule has 102 valence electrons. The van der Waals surface area contributed by atoms with E-state index in [1.165, 1.54) is 5.56 Å². The second kappa shape index (κ2) is 5.38. The maximum atomic E-state index is 4.55. The van der Waals surface area contributed by atoms with Crippen molar-refractivity contribution in [1.29, 1.82) is 0 Å². The Morgan fingerprint density at radius 1 is 1.25 bits per heavy atom. The van der Waals surface area contributed by atoms with Crippen molar-refractivity contribution < 1.29 is 0 Å². The fourth-order valence-electron chi connectivity index (χ4n) is 2.19. The van der Waals surface area contributed by atoms with Gasteiger partial charge in [0.25, 0.3) is 0 Å². The molecule has 0 bridgehead atoms. The second-order valence-corrected chi connectivity index (χ2v) is 4.68. The number of nitrogens with zero attached hydrogens (tertiary/aromatic N) is 4. The Hall–Kier alpha value is -2.27. The Balaban J connectivity index is 2.08. The number of rotatable bonds is 4. The maximum absolute atomic E-state index is 4.55. The fraction of sp³-hybridized carbons (Fsp3) is 0.267. The Labute approximate surface area is 117 Å². The van der Waals surface area contributed by atoms with Gasteiger partial charge < -0.3 is 5.32 Å². The highest BCUT2D eigenvalue weighted by Crippen LogP contribution is 2.19. The largest absolute Gasteiger partial charge is 0.313 e. The summed E-state index contributed by atoms with van der Waals surface area (Å²) in [7, 11) is 0. The van der Waals surface area contributed by atoms with E-state index in [1.807, 2.05) is 31.3 Å². The highest BCUT2D eigenvalue weighted by atomic mass is 15.3. The van der Waals surface area contributed by atoms with Gasteiger partial charge in [-0.05, 0) is 37.2 Å². The van der Waals surface area contributed by atoms with E-state index in [0.29, 0.717) is 0 Å². The predicted molar refractivity (Wildman–Crippen MR) is 78.8 cm³/mol. The smallest absolute Gasteiger partial charge is 0.164 e. The van der Waals surface area contributed by atoms with E-state index in [1.54, 1.807) is 10.9 Å². The van der Waals surface area contributed by atoms with E-state index >= 15 is 0 Å². The molecule has 3 aromatic rings. The monoisotopic (exact) mass is 267 g/mol. The fourth-order valence-corrected chi connectivity index (χ4v) is 2.19. The van der Waals surface area contributed by atoms with Gasteiger partial charge in [-0.2, -0.15) is 9.78 Å². The molecule has 0 amide bonds. The predicted octanol–water partition coefficient (Wildman–Crippen LogP) is 2.23. The van der Waals surface area contributed by atoms with E-state index in [-0.39, 0.29) is 0 Å². The van der Waals surface area contributed by atoms with Crippen molar-refractivity contribution in [3.05, 3.63) is 47.9 Å². The minimum atomic E-state index is 0.789. The van der Waals surface area contributed by atoms with Crippen LogP contribution in [0.5, 0.6) is 0 Å². The Morgan fingerprint density at radius 3 is 2.90 bits per heavy atom. The van der Waals surface area contributed by atoms with Crippen LogP contribution in [0, 0.1) is 6.92 Å². The van der Waals surface area contributed by atoms with E-state index in [0.717, 1.165) is 35.6 Å². The van der Waals surface area contributed by atoms with Gasteiger partial charge in [-0.1, -0.05) is 13.0 Å². The zero-order valence-corrected chi connectivity index (χ0v) is 11.7. The zero-order valence-electron chi connectivity index (χ0n) is 11.7. The number of hydrogen-bond acceptors (Lipinski definition) is 4. The first kappa shape index (κ1) is 12.7. The van der Waals surface area contributed by atoms with E-state index < -0.39 is 0 Å². The lowest BCUT2D eigenvalue weighted by Gasteiger charge is -2.03. The Kier molecular flexibility index (Phi) is 3.43. The highest BCUT2D eigenvalue weighted by Gasteiger charge is 2.11. The van der Waals surface area contributed by atoms with E-state index in [2.05, 4.69) is 33.4 Å². The van der Waals surface area contributed by atoms with E-state index in [9.17, 15) is 0 Å². The molecule has 3 heterocycles. The van der Waals surface area contributed by atoms with Gasteiger partial charge in [0.15, 0.2) is 11.5 Å². The third-order valence-corrected chi connectivity index (χ3v) is 3.21. The quantitative estimate of drug-likeness (QED) is 0.787. The van der Waals surface area contributed by atoms with Crippen LogP contribution in [0.1, 0.15) is 18.2 Å². The molecule has 0 aliphatic rings. The summed E-state index contributed by atoms with van der Waals surface area (Å²) in [5.41, 5.74) is 2.99. The van der Waals surface area contributed by atoms with Crippen molar-refractivity contribution in [2.24, 2.45) is 0 Å². The van der Waals surface area contributed by atoms with Gasteiger partial charge in [-0.3, -0.25) is 0 Å². The average Bonchev–Trinajstić information content (AvgIpc) is 2.83. The van der Waals surface area contributed by atoms with Crippen molar-refractivity contribution >= 4 is 11.0 Å². The SMILES string of the molecule is CCNCc1cnc2c(c1)c(C)nn2-c1ccccn1. The van der Waals surface area contributed by atoms with Gasteiger partial charge in [0.1, 0.15) is 0 Å². The van der Waals surface area contributed by atoms with Gasteiger partial charge in [0.05, 0.1) is 5.69 Å². The van der Waals surface area contributed by atoms with Gasteiger partial charge in [0.2, 0.25) is 0 Å². The van der Waals surface area contributed by atoms with Crippen LogP contribution >= 0.6 is 0 Å². The van der Waals surface area contributed by atoms with E-state index in [4.69, 9.17) is 0 Å². The lowest BCUT2D eigenvalue weighted by atomic mass is 10.2. The molecule has 0 unspecified atom stereocenters. The summed E-state index contributed by atoms with van der Waals surface area (Å²) in [6.45, 7) is 5.87. The molecule has 0 aliphatic heterocycles. The topological polar surface area (TPSA) is 55.6 Å². The molecule has 0 aromatic carbocycles. The summed E-state index contributed by atoms with van der Waals surface area (Å²) >= 11 is 0. The van der Waals surface area contributed by atoms with Crippen LogP contribution in [0.3, 0.4) is 0 Å². The molecular formula is C15H17N5. The van der Waals surface area contributed by atoms with Crippen LogP contribution in [0.25, 0.3) is 16.9 Å². The van der Waals surface area contributed by atoms with Crippen LogP contribution < -0.4 is 5.32 Å². The molecule has 0 saturated carbocycles. The van der Waals surface area contributed by atoms with Crippen LogP contribution in [0.2, 0.25) is 0 Å². The van der Waals surface area contributed by atoms with Crippen molar-refractivity contribution in [3.8, 4) is 5.82 Å². The van der Waals surface area contributed by atoms with Crippen LogP contribution in [0.15, 0.2) is 36.7 Å². The molecule has 3 rings (SSSR count). The summed E-state index contributed by atoms with van der Waals surface area (Å²) < 4.78 is 1.79. The molecule has 0 atom stereocenters. The van der Waals surface area contributed by atoms with Gasteiger partial charge in [-0.25, -0.2) is 9.97 Å². The molecule has 0 spiro atoms. The molecule has 0 radical (unpaired) electrons. The average molecular weight is 267 g/mol. The molecule has 3 aromatic heterocycles. The van der Waals surface area contributed by atoms with Gasteiger partial charge in [0, 0.05) is 24.3 Å². The van der Waals surface area contributed by atoms with Crippen molar-refractivity contribution in [1.82, 2.24) is 25.1 Å². The first-order valence-corrected chi connectivity index (χ1v) is 6.76. The third kappa shape index (κ3) is 2.28. The second-order valence-electron chi connectivity index (χ2n) is 4.68. The van der Waals surface area contributed by atoms with Gasteiger partial charge in [-0.15, -0.1) is 0 Å². The van der Waals surface area contributed by atoms with Crippen LogP contribution in [-0.2, 0) is 6.54 Å². The summed E-state index contributed by atoms with van der Waals surface area (Å²) in [6.07, 6.45) is 3.66. The molecule has 1 N–H and O–H groups in total. The number of pyridine rings is 2. The molecule has 20 heavy (non-hydrogen) atoms. The molecule has 0 fully saturated rings. The third-order valence-electron chi connectivity index (χ3n) is 3.21. The molecule has 0 aliphatic carbocycles. The first-order valence-electron chi connectivity index (χ1n) is 6.76. The lowest BCUT2D eigenvalue weighted by Crippen LogP contribution is -2.11. The molecule has 5 nitrogen and oxygen atoms in total. The summed E-state index contributed by atoms with van der Waals surface area (Å²) in [6, 6.07) is 7.92. The Morgan fingerprint density at radius 2 is 2.15 bits per heavy atom. The normalized spacial score (nSPS) is 11.1. The van der Waals surface area contributed by atoms with Crippen LogP contribution in [0.4, 0.5) is 0 Å². The van der Waals surface area contributed by atoms with Crippen molar-refractivity contribution in [3.63, 3.8) is 0 Å². The van der Waals surface area contributed by atoms with Crippen molar-refractivity contribution in [2.45, 2.75) is 20.4 Å². The Bertz CT molecular complexity index is 718. The number of hydrogen-bond donors (Lipinski definition) is 1. The lowest BCUT2D eigenvalue weighted by molar-refractivity contribution is 0.725. The maximum Gasteiger partial charge on any atom is 0.164 e. The number of fused-ring (bicyclic) bond motifs is 1. The van der Waals surface area contributed by atoms with Crippen molar-refractivity contribution in [2.75, 3.05) is 6.54 Å². The molecule has 5 heteroatoms. The minimum Gasteiger partial charge on any atom is -0.313 e. The first-order chi connectivity index (χ1) is 9.79. The number of aryl methyl sites for hydroxylation is 1. The van der Waals surface area contributed by atoms with Gasteiger partial charge >= 0.3 is 0 Å². The minimum absolute atomic E-state index is 0.789. The molecule has 0 saturated heterocycles. The number of aromatic nitrogens is 4. The molecular weight excluding hydrogens is 250 g/mol. The van der Waals surface area contributed by atoms with Crippen LogP contribution in [-0.4, -0.2) is 26.3 Å². The summed E-state index contributed by atoms with van der Waals surface area (Å²) in [4.78, 5) is 8.88.